The molecule has 1 unspecified atom stereocenters. The van der Waals surface area contributed by atoms with E-state index in [1.807, 2.05) is 17.9 Å². The highest BCUT2D eigenvalue weighted by molar-refractivity contribution is 6.01. The molecule has 2 amide bonds. The highest BCUT2D eigenvalue weighted by Gasteiger charge is 2.38. The molecule has 2 aliphatic heterocycles. The summed E-state index contributed by atoms with van der Waals surface area (Å²) in [6.07, 6.45) is -0.114. The Balaban J connectivity index is 1.85. The van der Waals surface area contributed by atoms with Crippen LogP contribution in [0.4, 0.5) is 5.69 Å². The smallest absolute Gasteiger partial charge is 0.303 e. The van der Waals surface area contributed by atoms with Crippen LogP contribution in [0.5, 0.6) is 0 Å². The van der Waals surface area contributed by atoms with E-state index in [-0.39, 0.29) is 19.1 Å². The molecule has 0 aromatic heterocycles. The average molecular weight is 388 g/mol. The zero-order chi connectivity index (χ0) is 20.3. The van der Waals surface area contributed by atoms with Crippen LogP contribution in [0.15, 0.2) is 18.2 Å². The average Bonchev–Trinajstić information content (AvgIpc) is 3.20. The monoisotopic (exact) mass is 388 g/mol. The van der Waals surface area contributed by atoms with Crippen LogP contribution in [0.3, 0.4) is 0 Å². The van der Waals surface area contributed by atoms with Crippen LogP contribution in [0.1, 0.15) is 35.7 Å². The predicted molar refractivity (Wildman–Crippen MR) is 100 cm³/mol. The Morgan fingerprint density at radius 2 is 1.93 bits per heavy atom. The third kappa shape index (κ3) is 4.22. The summed E-state index contributed by atoms with van der Waals surface area (Å²) in [6, 6.07) is 5.30. The second kappa shape index (κ2) is 8.52. The van der Waals surface area contributed by atoms with Crippen molar-refractivity contribution in [2.24, 2.45) is 0 Å². The van der Waals surface area contributed by atoms with Gasteiger partial charge in [0.25, 0.3) is 11.8 Å². The maximum atomic E-state index is 12.9. The second-order valence-electron chi connectivity index (χ2n) is 7.05. The Hall–Kier alpha value is -2.74. The lowest BCUT2D eigenvalue weighted by Gasteiger charge is -2.34. The Bertz CT molecular complexity index is 787. The molecule has 0 aliphatic carbocycles. The number of benzene rings is 1. The van der Waals surface area contributed by atoms with Gasteiger partial charge in [-0.25, -0.2) is 0 Å². The molecule has 2 heterocycles. The lowest BCUT2D eigenvalue weighted by molar-refractivity contribution is -0.164. The van der Waals surface area contributed by atoms with Crippen molar-refractivity contribution < 1.29 is 28.7 Å². The number of hydrogen-bond acceptors (Lipinski definition) is 6. The molecular weight excluding hydrogens is 364 g/mol. The van der Waals surface area contributed by atoms with E-state index in [9.17, 15) is 19.2 Å². The number of amides is 2. The first-order valence-corrected chi connectivity index (χ1v) is 9.37. The maximum Gasteiger partial charge on any atom is 0.303 e. The number of rotatable bonds is 5. The van der Waals surface area contributed by atoms with E-state index >= 15 is 0 Å². The summed E-state index contributed by atoms with van der Waals surface area (Å²) in [7, 11) is 0. The van der Waals surface area contributed by atoms with E-state index in [4.69, 9.17) is 9.47 Å². The molecule has 28 heavy (non-hydrogen) atoms. The molecule has 0 N–H and O–H groups in total. The van der Waals surface area contributed by atoms with E-state index < -0.39 is 24.1 Å². The largest absolute Gasteiger partial charge is 0.451 e. The van der Waals surface area contributed by atoms with Crippen LogP contribution in [0, 0.1) is 6.92 Å². The fourth-order valence-electron chi connectivity index (χ4n) is 3.60. The molecule has 2 aliphatic rings. The van der Waals surface area contributed by atoms with Gasteiger partial charge in [0.1, 0.15) is 0 Å². The second-order valence-corrected chi connectivity index (χ2v) is 7.05. The Morgan fingerprint density at radius 1 is 1.21 bits per heavy atom. The van der Waals surface area contributed by atoms with Crippen molar-refractivity contribution in [3.63, 3.8) is 0 Å². The Kier molecular flexibility index (Phi) is 6.08. The van der Waals surface area contributed by atoms with Crippen molar-refractivity contribution in [1.82, 2.24) is 4.90 Å². The minimum absolute atomic E-state index is 0.0506. The van der Waals surface area contributed by atoms with E-state index in [1.165, 1.54) is 11.8 Å². The lowest BCUT2D eigenvalue weighted by Crippen LogP contribution is -2.54. The van der Waals surface area contributed by atoms with E-state index in [2.05, 4.69) is 0 Å². The third-order valence-corrected chi connectivity index (χ3v) is 4.87. The third-order valence-electron chi connectivity index (χ3n) is 4.87. The number of nitrogens with zero attached hydrogens (tertiary/aromatic N) is 2. The normalized spacial score (nSPS) is 20.8. The van der Waals surface area contributed by atoms with E-state index in [0.29, 0.717) is 17.5 Å². The van der Waals surface area contributed by atoms with Gasteiger partial charge in [0.2, 0.25) is 0 Å². The van der Waals surface area contributed by atoms with Gasteiger partial charge in [-0.2, -0.15) is 0 Å². The summed E-state index contributed by atoms with van der Waals surface area (Å²) < 4.78 is 10.3. The molecule has 0 radical (unpaired) electrons. The molecule has 0 spiro atoms. The standard InChI is InChI=1S/C20H24N2O6/c1-13-9-15(19(25)21-5-3-4-6-21)11-16(10-13)22-7-8-27-18(20(22)26)17(12-23)28-14(2)24/h9-12,17-18H,3-8H2,1-2H3/t17?,18-/m1/s1. The molecular formula is C20H24N2O6. The van der Waals surface area contributed by atoms with Gasteiger partial charge in [0, 0.05) is 37.8 Å². The molecule has 1 aromatic rings. The van der Waals surface area contributed by atoms with Crippen molar-refractivity contribution in [3.05, 3.63) is 29.3 Å². The van der Waals surface area contributed by atoms with Gasteiger partial charge in [-0.1, -0.05) is 0 Å². The number of ether oxygens (including phenoxy) is 2. The first kappa shape index (κ1) is 20.0. The van der Waals surface area contributed by atoms with Crippen LogP contribution in [-0.2, 0) is 23.9 Å². The molecule has 8 nitrogen and oxygen atoms in total. The Morgan fingerprint density at radius 3 is 2.57 bits per heavy atom. The molecule has 3 rings (SSSR count). The molecule has 2 fully saturated rings. The fourth-order valence-corrected chi connectivity index (χ4v) is 3.60. The number of carbonyl (C=O) groups excluding carboxylic acids is 4. The number of likely N-dealkylation sites (tertiary alicyclic amines) is 1. The number of morpholine rings is 1. The number of hydrogen-bond donors (Lipinski definition) is 0. The zero-order valence-corrected chi connectivity index (χ0v) is 16.1. The molecule has 2 atom stereocenters. The van der Waals surface area contributed by atoms with Gasteiger partial charge in [0.05, 0.1) is 6.61 Å². The quantitative estimate of drug-likeness (QED) is 0.554. The van der Waals surface area contributed by atoms with Crippen molar-refractivity contribution in [3.8, 4) is 0 Å². The van der Waals surface area contributed by atoms with Crippen LogP contribution < -0.4 is 4.90 Å². The minimum atomic E-state index is -1.30. The van der Waals surface area contributed by atoms with Gasteiger partial charge >= 0.3 is 5.97 Å². The SMILES string of the molecule is CC(=O)OC(C=O)[C@H]1OCCN(c2cc(C)cc(C(=O)N3CCCC3)c2)C1=O. The van der Waals surface area contributed by atoms with Crippen molar-refractivity contribution in [2.75, 3.05) is 31.1 Å². The van der Waals surface area contributed by atoms with Crippen LogP contribution in [-0.4, -0.2) is 67.4 Å². The topological polar surface area (TPSA) is 93.2 Å². The molecule has 2 saturated heterocycles. The minimum Gasteiger partial charge on any atom is -0.451 e. The van der Waals surface area contributed by atoms with Crippen molar-refractivity contribution in [2.45, 2.75) is 38.9 Å². The summed E-state index contributed by atoms with van der Waals surface area (Å²) in [5, 5.41) is 0. The van der Waals surface area contributed by atoms with Crippen LogP contribution >= 0.6 is 0 Å². The molecule has 8 heteroatoms. The van der Waals surface area contributed by atoms with Crippen molar-refractivity contribution >= 4 is 29.8 Å². The van der Waals surface area contributed by atoms with Gasteiger partial charge in [-0.3, -0.25) is 19.2 Å². The number of aryl methyl sites for hydroxylation is 1. The summed E-state index contributed by atoms with van der Waals surface area (Å²) in [5.41, 5.74) is 1.94. The first-order chi connectivity index (χ1) is 13.4. The van der Waals surface area contributed by atoms with Crippen molar-refractivity contribution in [1.29, 1.82) is 0 Å². The van der Waals surface area contributed by atoms with Crippen LogP contribution in [0.2, 0.25) is 0 Å². The lowest BCUT2D eigenvalue weighted by atomic mass is 10.1. The highest BCUT2D eigenvalue weighted by atomic mass is 16.6. The van der Waals surface area contributed by atoms with Gasteiger partial charge in [0.15, 0.2) is 18.5 Å². The molecule has 0 saturated carbocycles. The number of anilines is 1. The first-order valence-electron chi connectivity index (χ1n) is 9.37. The van der Waals surface area contributed by atoms with Gasteiger partial charge in [-0.15, -0.1) is 0 Å². The summed E-state index contributed by atoms with van der Waals surface area (Å²) in [4.78, 5) is 51.4. The summed E-state index contributed by atoms with van der Waals surface area (Å²) >= 11 is 0. The summed E-state index contributed by atoms with van der Waals surface area (Å²) in [5.74, 6) is -1.19. The highest BCUT2D eigenvalue weighted by Crippen LogP contribution is 2.25. The van der Waals surface area contributed by atoms with E-state index in [0.717, 1.165) is 31.5 Å². The Labute approximate surface area is 163 Å². The molecule has 1 aromatic carbocycles. The number of aldehydes is 1. The molecule has 150 valence electrons. The summed E-state index contributed by atoms with van der Waals surface area (Å²) in [6.45, 7) is 4.97. The number of esters is 1. The van der Waals surface area contributed by atoms with E-state index in [1.54, 1.807) is 12.1 Å². The fraction of sp³-hybridized carbons (Fsp3) is 0.500. The number of carbonyl (C=O) groups is 4. The van der Waals surface area contributed by atoms with Gasteiger partial charge in [-0.05, 0) is 43.5 Å². The predicted octanol–water partition coefficient (Wildman–Crippen LogP) is 1.09. The van der Waals surface area contributed by atoms with Gasteiger partial charge < -0.3 is 19.3 Å². The van der Waals surface area contributed by atoms with Crippen LogP contribution in [0.25, 0.3) is 0 Å². The maximum absolute atomic E-state index is 12.9. The molecule has 0 bridgehead atoms. The zero-order valence-electron chi connectivity index (χ0n) is 16.1.